The lowest BCUT2D eigenvalue weighted by molar-refractivity contribution is 0.475. The number of oxazole rings is 1. The summed E-state index contributed by atoms with van der Waals surface area (Å²) in [5.74, 6) is 1.23. The van der Waals surface area contributed by atoms with Gasteiger partial charge in [-0.2, -0.15) is 4.98 Å². The number of rotatable bonds is 5. The van der Waals surface area contributed by atoms with Crippen LogP contribution in [0.4, 0.5) is 23.1 Å². The van der Waals surface area contributed by atoms with E-state index in [0.717, 1.165) is 28.2 Å². The number of aromatic nitrogens is 3. The van der Waals surface area contributed by atoms with Crippen LogP contribution in [-0.4, -0.2) is 20.1 Å². The maximum Gasteiger partial charge on any atom is 0.229 e. The Morgan fingerprint density at radius 2 is 1.93 bits per heavy atom. The van der Waals surface area contributed by atoms with Gasteiger partial charge in [-0.05, 0) is 36.8 Å². The lowest BCUT2D eigenvalue weighted by atomic mass is 10.1. The van der Waals surface area contributed by atoms with Gasteiger partial charge in [-0.25, -0.2) is 9.97 Å². The summed E-state index contributed by atoms with van der Waals surface area (Å²) < 4.78 is 5.10. The Hall–Kier alpha value is -3.87. The molecule has 0 saturated heterocycles. The molecule has 4 aromatic rings. The van der Waals surface area contributed by atoms with Crippen LogP contribution < -0.4 is 10.6 Å². The Labute approximate surface area is 155 Å². The van der Waals surface area contributed by atoms with Crippen molar-refractivity contribution < 1.29 is 9.52 Å². The molecule has 0 aliphatic heterocycles. The predicted molar refractivity (Wildman–Crippen MR) is 103 cm³/mol. The average molecular weight is 359 g/mol. The highest BCUT2D eigenvalue weighted by Gasteiger charge is 2.10. The fraction of sp³-hybridized carbons (Fsp3) is 0.0500. The predicted octanol–water partition coefficient (Wildman–Crippen LogP) is 4.63. The second kappa shape index (κ2) is 7.17. The van der Waals surface area contributed by atoms with Crippen molar-refractivity contribution in [3.63, 3.8) is 0 Å². The van der Waals surface area contributed by atoms with Gasteiger partial charge in [-0.1, -0.05) is 18.2 Å². The zero-order valence-corrected chi connectivity index (χ0v) is 14.5. The molecule has 0 aliphatic rings. The van der Waals surface area contributed by atoms with E-state index in [2.05, 4.69) is 25.6 Å². The van der Waals surface area contributed by atoms with E-state index in [-0.39, 0.29) is 5.75 Å². The highest BCUT2D eigenvalue weighted by atomic mass is 16.3. The summed E-state index contributed by atoms with van der Waals surface area (Å²) in [6.07, 6.45) is 4.65. The maximum atomic E-state index is 9.59. The molecule has 0 saturated carbocycles. The van der Waals surface area contributed by atoms with Gasteiger partial charge in [0.05, 0.1) is 5.69 Å². The van der Waals surface area contributed by atoms with Gasteiger partial charge in [-0.3, -0.25) is 0 Å². The number of nitrogens with zero attached hydrogens (tertiary/aromatic N) is 3. The van der Waals surface area contributed by atoms with Crippen LogP contribution in [0.25, 0.3) is 11.3 Å². The Morgan fingerprint density at radius 1 is 1.00 bits per heavy atom. The van der Waals surface area contributed by atoms with Crippen molar-refractivity contribution in [1.82, 2.24) is 15.0 Å². The summed E-state index contributed by atoms with van der Waals surface area (Å²) in [6.45, 7) is 2.01. The van der Waals surface area contributed by atoms with E-state index in [1.807, 2.05) is 31.2 Å². The van der Waals surface area contributed by atoms with Gasteiger partial charge >= 0.3 is 0 Å². The third kappa shape index (κ3) is 3.87. The van der Waals surface area contributed by atoms with Crippen molar-refractivity contribution in [1.29, 1.82) is 0 Å². The Balaban J connectivity index is 1.61. The van der Waals surface area contributed by atoms with Crippen LogP contribution in [0.2, 0.25) is 0 Å². The number of hydrogen-bond donors (Lipinski definition) is 3. The minimum absolute atomic E-state index is 0.185. The molecule has 0 atom stereocenters. The molecule has 7 nitrogen and oxygen atoms in total. The number of aromatic hydroxyl groups is 1. The Bertz CT molecular complexity index is 1060. The van der Waals surface area contributed by atoms with Crippen LogP contribution in [0.3, 0.4) is 0 Å². The molecule has 0 spiro atoms. The van der Waals surface area contributed by atoms with Gasteiger partial charge in [0, 0.05) is 23.5 Å². The molecule has 2 aromatic carbocycles. The molecule has 0 aliphatic carbocycles. The molecule has 0 unspecified atom stereocenters. The van der Waals surface area contributed by atoms with E-state index in [1.165, 1.54) is 6.39 Å². The van der Waals surface area contributed by atoms with E-state index < -0.39 is 0 Å². The number of aryl methyl sites for hydroxylation is 1. The SMILES string of the molecule is Cc1ccc(-c2cocn2)c(Nc2nccc(Nc3cccc(O)c3)n2)c1. The molecular weight excluding hydrogens is 342 g/mol. The monoisotopic (exact) mass is 359 g/mol. The second-order valence-corrected chi connectivity index (χ2v) is 5.99. The topological polar surface area (TPSA) is 96.1 Å². The van der Waals surface area contributed by atoms with Gasteiger partial charge in [0.25, 0.3) is 0 Å². The number of benzene rings is 2. The molecule has 2 heterocycles. The van der Waals surface area contributed by atoms with E-state index >= 15 is 0 Å². The quantitative estimate of drug-likeness (QED) is 0.478. The van der Waals surface area contributed by atoms with Crippen molar-refractivity contribution in [2.75, 3.05) is 10.6 Å². The molecule has 0 bridgehead atoms. The molecule has 27 heavy (non-hydrogen) atoms. The summed E-state index contributed by atoms with van der Waals surface area (Å²) in [5.41, 5.74) is 4.28. The largest absolute Gasteiger partial charge is 0.508 e. The lowest BCUT2D eigenvalue weighted by Gasteiger charge is -2.12. The van der Waals surface area contributed by atoms with E-state index in [9.17, 15) is 5.11 Å². The number of phenols is 1. The molecule has 0 radical (unpaired) electrons. The Morgan fingerprint density at radius 3 is 2.74 bits per heavy atom. The van der Waals surface area contributed by atoms with E-state index in [0.29, 0.717) is 11.8 Å². The molecule has 4 rings (SSSR count). The summed E-state index contributed by atoms with van der Waals surface area (Å²) >= 11 is 0. The molecule has 7 heteroatoms. The summed E-state index contributed by atoms with van der Waals surface area (Å²) in [6, 6.07) is 14.6. The third-order valence-electron chi connectivity index (χ3n) is 3.90. The second-order valence-electron chi connectivity index (χ2n) is 5.99. The maximum absolute atomic E-state index is 9.59. The van der Waals surface area contributed by atoms with Gasteiger partial charge in [0.15, 0.2) is 6.39 Å². The molecule has 134 valence electrons. The standard InChI is InChI=1S/C20H17N5O2/c1-13-5-6-16(18-11-27-12-22-18)17(9-13)24-20-21-8-7-19(25-20)23-14-3-2-4-15(26)10-14/h2-12,26H,1H3,(H2,21,23,24,25). The van der Waals surface area contributed by atoms with Crippen molar-refractivity contribution in [3.05, 3.63) is 72.9 Å². The highest BCUT2D eigenvalue weighted by molar-refractivity contribution is 5.78. The van der Waals surface area contributed by atoms with E-state index in [4.69, 9.17) is 4.42 Å². The van der Waals surface area contributed by atoms with Crippen molar-refractivity contribution in [3.8, 4) is 17.0 Å². The van der Waals surface area contributed by atoms with Crippen molar-refractivity contribution in [2.24, 2.45) is 0 Å². The third-order valence-corrected chi connectivity index (χ3v) is 3.90. The van der Waals surface area contributed by atoms with Crippen molar-refractivity contribution in [2.45, 2.75) is 6.92 Å². The number of hydrogen-bond acceptors (Lipinski definition) is 7. The van der Waals surface area contributed by atoms with Crippen LogP contribution in [0.15, 0.2) is 71.8 Å². The average Bonchev–Trinajstić information content (AvgIpc) is 3.17. The molecule has 0 amide bonds. The molecule has 0 fully saturated rings. The highest BCUT2D eigenvalue weighted by Crippen LogP contribution is 2.30. The van der Waals surface area contributed by atoms with Gasteiger partial charge in [0.1, 0.15) is 23.5 Å². The van der Waals surface area contributed by atoms with Gasteiger partial charge in [-0.15, -0.1) is 0 Å². The first kappa shape index (κ1) is 16.6. The van der Waals surface area contributed by atoms with E-state index in [1.54, 1.807) is 36.7 Å². The van der Waals surface area contributed by atoms with Gasteiger partial charge < -0.3 is 20.2 Å². The fourth-order valence-electron chi connectivity index (χ4n) is 2.67. The zero-order chi connectivity index (χ0) is 18.6. The van der Waals surface area contributed by atoms with Crippen molar-refractivity contribution >= 4 is 23.1 Å². The van der Waals surface area contributed by atoms with Crippen LogP contribution >= 0.6 is 0 Å². The molecule has 3 N–H and O–H groups in total. The number of nitrogens with one attached hydrogen (secondary N) is 2. The number of phenolic OH excluding ortho intramolecular Hbond substituents is 1. The fourth-order valence-corrected chi connectivity index (χ4v) is 2.67. The van der Waals surface area contributed by atoms with Gasteiger partial charge in [0.2, 0.25) is 5.95 Å². The normalized spacial score (nSPS) is 10.6. The smallest absolute Gasteiger partial charge is 0.229 e. The first-order chi connectivity index (χ1) is 13.2. The first-order valence-corrected chi connectivity index (χ1v) is 8.33. The van der Waals surface area contributed by atoms with Crippen LogP contribution in [0, 0.1) is 6.92 Å². The lowest BCUT2D eigenvalue weighted by Crippen LogP contribution is -2.01. The molecule has 2 aromatic heterocycles. The van der Waals surface area contributed by atoms with Crippen LogP contribution in [-0.2, 0) is 0 Å². The van der Waals surface area contributed by atoms with Crippen LogP contribution in [0.5, 0.6) is 5.75 Å². The molecular formula is C20H17N5O2. The zero-order valence-electron chi connectivity index (χ0n) is 14.5. The minimum Gasteiger partial charge on any atom is -0.508 e. The minimum atomic E-state index is 0.185. The summed E-state index contributed by atoms with van der Waals surface area (Å²) in [5, 5.41) is 16.0. The van der Waals surface area contributed by atoms with Crippen LogP contribution in [0.1, 0.15) is 5.56 Å². The number of anilines is 4. The summed E-state index contributed by atoms with van der Waals surface area (Å²) in [4.78, 5) is 13.0. The first-order valence-electron chi connectivity index (χ1n) is 8.33. The summed E-state index contributed by atoms with van der Waals surface area (Å²) in [7, 11) is 0. The Kier molecular flexibility index (Phi) is 4.40.